The molecular formula is C16H34N4. The Morgan fingerprint density at radius 3 is 1.60 bits per heavy atom. The van der Waals surface area contributed by atoms with Gasteiger partial charge in [-0.3, -0.25) is 0 Å². The van der Waals surface area contributed by atoms with Gasteiger partial charge in [0.1, 0.15) is 0 Å². The van der Waals surface area contributed by atoms with Crippen LogP contribution in [0.25, 0.3) is 10.4 Å². The van der Waals surface area contributed by atoms with Crippen LogP contribution in [0.2, 0.25) is 0 Å². The fourth-order valence-electron chi connectivity index (χ4n) is 2.50. The molecule has 0 amide bonds. The van der Waals surface area contributed by atoms with E-state index >= 15 is 0 Å². The Balaban J connectivity index is 3.04. The molecular weight excluding hydrogens is 248 g/mol. The van der Waals surface area contributed by atoms with Crippen LogP contribution in [0.3, 0.4) is 0 Å². The van der Waals surface area contributed by atoms with Gasteiger partial charge in [0, 0.05) is 4.91 Å². The zero-order valence-electron chi connectivity index (χ0n) is 13.4. The fourth-order valence-corrected chi connectivity index (χ4v) is 2.50. The minimum Gasteiger partial charge on any atom is -0.323 e. The Morgan fingerprint density at radius 2 is 1.20 bits per heavy atom. The zero-order valence-corrected chi connectivity index (χ0v) is 13.4. The molecule has 0 spiro atoms. The van der Waals surface area contributed by atoms with Gasteiger partial charge in [0.25, 0.3) is 0 Å². The summed E-state index contributed by atoms with van der Waals surface area (Å²) in [6.07, 6.45) is 18.1. The highest BCUT2D eigenvalue weighted by atomic mass is 15.2. The lowest BCUT2D eigenvalue weighted by molar-refractivity contribution is 0.520. The number of hydrogen-bond acceptors (Lipinski definition) is 2. The van der Waals surface area contributed by atoms with E-state index < -0.39 is 0 Å². The fraction of sp³-hybridized carbons (Fsp3) is 1.00. The Hall–Kier alpha value is -0.730. The first-order valence-corrected chi connectivity index (χ1v) is 8.61. The topological polar surface area (TPSA) is 74.8 Å². The van der Waals surface area contributed by atoms with Crippen molar-refractivity contribution in [3.8, 4) is 0 Å². The molecule has 0 saturated heterocycles. The lowest BCUT2D eigenvalue weighted by Gasteiger charge is -2.04. The van der Waals surface area contributed by atoms with E-state index in [9.17, 15) is 0 Å². The monoisotopic (exact) mass is 282 g/mol. The normalized spacial score (nSPS) is 12.1. The second kappa shape index (κ2) is 16.3. The highest BCUT2D eigenvalue weighted by molar-refractivity contribution is 4.59. The number of nitrogens with two attached hydrogens (primary N) is 1. The summed E-state index contributed by atoms with van der Waals surface area (Å²) in [4.78, 5) is 2.72. The third kappa shape index (κ3) is 15.3. The van der Waals surface area contributed by atoms with Crippen molar-refractivity contribution >= 4 is 0 Å². The van der Waals surface area contributed by atoms with E-state index in [4.69, 9.17) is 11.3 Å². The van der Waals surface area contributed by atoms with Gasteiger partial charge in [-0.15, -0.1) is 0 Å². The van der Waals surface area contributed by atoms with Gasteiger partial charge in [-0.25, -0.2) is 0 Å². The predicted octanol–water partition coefficient (Wildman–Crippen LogP) is 6.06. The van der Waals surface area contributed by atoms with Crippen LogP contribution in [-0.4, -0.2) is 6.17 Å². The van der Waals surface area contributed by atoms with Gasteiger partial charge >= 0.3 is 0 Å². The summed E-state index contributed by atoms with van der Waals surface area (Å²) in [5, 5.41) is 3.48. The summed E-state index contributed by atoms with van der Waals surface area (Å²) in [7, 11) is 0. The van der Waals surface area contributed by atoms with Crippen LogP contribution >= 0.6 is 0 Å². The zero-order chi connectivity index (χ0) is 14.9. The van der Waals surface area contributed by atoms with Crippen LogP contribution in [0.1, 0.15) is 96.8 Å². The third-order valence-electron chi connectivity index (χ3n) is 3.80. The van der Waals surface area contributed by atoms with Gasteiger partial charge in [-0.2, -0.15) is 0 Å². The number of nitrogens with zero attached hydrogens (tertiary/aromatic N) is 3. The quantitative estimate of drug-likeness (QED) is 0.168. The molecule has 0 radical (unpaired) electrons. The van der Waals surface area contributed by atoms with Crippen molar-refractivity contribution in [2.75, 3.05) is 0 Å². The SMILES string of the molecule is CCCCCCCCCCCCCCCC(N)N=[N+]=[N-]. The van der Waals surface area contributed by atoms with Crippen LogP contribution < -0.4 is 5.73 Å². The molecule has 0 aromatic rings. The maximum atomic E-state index is 8.22. The largest absolute Gasteiger partial charge is 0.323 e. The van der Waals surface area contributed by atoms with Gasteiger partial charge < -0.3 is 5.73 Å². The molecule has 0 bridgehead atoms. The summed E-state index contributed by atoms with van der Waals surface area (Å²) < 4.78 is 0. The van der Waals surface area contributed by atoms with Gasteiger partial charge in [0.15, 0.2) is 0 Å². The smallest absolute Gasteiger partial charge is 0.0836 e. The summed E-state index contributed by atoms with van der Waals surface area (Å²) >= 11 is 0. The van der Waals surface area contributed by atoms with E-state index in [1.165, 1.54) is 77.0 Å². The van der Waals surface area contributed by atoms with Crippen LogP contribution in [0.5, 0.6) is 0 Å². The molecule has 2 N–H and O–H groups in total. The van der Waals surface area contributed by atoms with Gasteiger partial charge in [0.05, 0.1) is 6.17 Å². The van der Waals surface area contributed by atoms with Crippen LogP contribution in [-0.2, 0) is 0 Å². The molecule has 0 rings (SSSR count). The van der Waals surface area contributed by atoms with Crippen molar-refractivity contribution < 1.29 is 0 Å². The van der Waals surface area contributed by atoms with E-state index in [1.807, 2.05) is 0 Å². The first kappa shape index (κ1) is 19.3. The summed E-state index contributed by atoms with van der Waals surface area (Å²) in [6.45, 7) is 2.27. The maximum absolute atomic E-state index is 8.22. The predicted molar refractivity (Wildman–Crippen MR) is 87.4 cm³/mol. The average molecular weight is 282 g/mol. The van der Waals surface area contributed by atoms with E-state index in [0.717, 1.165) is 12.8 Å². The molecule has 0 aliphatic rings. The minimum absolute atomic E-state index is 0.326. The summed E-state index contributed by atoms with van der Waals surface area (Å²) in [5.74, 6) is 0. The molecule has 0 aliphatic carbocycles. The molecule has 0 fully saturated rings. The van der Waals surface area contributed by atoms with Gasteiger partial charge in [0.2, 0.25) is 0 Å². The molecule has 0 aromatic heterocycles. The van der Waals surface area contributed by atoms with Crippen molar-refractivity contribution in [3.63, 3.8) is 0 Å². The molecule has 0 aromatic carbocycles. The standard InChI is InChI=1S/C16H34N4/c1-2-3-4-5-6-7-8-9-10-11-12-13-14-15-16(17)19-20-18/h16H,2-15,17H2,1H3. The molecule has 0 heterocycles. The Labute approximate surface area is 125 Å². The van der Waals surface area contributed by atoms with E-state index in [1.54, 1.807) is 0 Å². The molecule has 1 unspecified atom stereocenters. The number of unbranched alkanes of at least 4 members (excludes halogenated alkanes) is 12. The highest BCUT2D eigenvalue weighted by Crippen LogP contribution is 2.13. The molecule has 0 saturated carbocycles. The highest BCUT2D eigenvalue weighted by Gasteiger charge is 1.98. The summed E-state index contributed by atoms with van der Waals surface area (Å²) in [5.41, 5.74) is 13.8. The molecule has 1 atom stereocenters. The second-order valence-corrected chi connectivity index (χ2v) is 5.80. The average Bonchev–Trinajstić information content (AvgIpc) is 2.44. The Morgan fingerprint density at radius 1 is 0.800 bits per heavy atom. The Bertz CT molecular complexity index is 237. The van der Waals surface area contributed by atoms with Crippen molar-refractivity contribution in [2.45, 2.75) is 103 Å². The number of rotatable bonds is 15. The van der Waals surface area contributed by atoms with Crippen molar-refractivity contribution in [3.05, 3.63) is 10.4 Å². The lowest BCUT2D eigenvalue weighted by atomic mass is 10.0. The maximum Gasteiger partial charge on any atom is 0.0836 e. The molecule has 4 heteroatoms. The number of hydrogen-bond donors (Lipinski definition) is 1. The Kier molecular flexibility index (Phi) is 15.7. The summed E-state index contributed by atoms with van der Waals surface area (Å²) in [6, 6.07) is 0. The van der Waals surface area contributed by atoms with Gasteiger partial charge in [-0.1, -0.05) is 95.5 Å². The van der Waals surface area contributed by atoms with Crippen LogP contribution in [0.15, 0.2) is 5.11 Å². The van der Waals surface area contributed by atoms with Crippen molar-refractivity contribution in [2.24, 2.45) is 10.8 Å². The minimum atomic E-state index is -0.326. The lowest BCUT2D eigenvalue weighted by Crippen LogP contribution is -2.15. The van der Waals surface area contributed by atoms with E-state index in [-0.39, 0.29) is 6.17 Å². The molecule has 0 aliphatic heterocycles. The molecule has 20 heavy (non-hydrogen) atoms. The van der Waals surface area contributed by atoms with Gasteiger partial charge in [-0.05, 0) is 12.0 Å². The van der Waals surface area contributed by atoms with Crippen molar-refractivity contribution in [1.82, 2.24) is 0 Å². The van der Waals surface area contributed by atoms with Crippen LogP contribution in [0.4, 0.5) is 0 Å². The number of azide groups is 1. The van der Waals surface area contributed by atoms with E-state index in [0.29, 0.717) is 0 Å². The third-order valence-corrected chi connectivity index (χ3v) is 3.80. The van der Waals surface area contributed by atoms with E-state index in [2.05, 4.69) is 16.9 Å². The molecule has 4 nitrogen and oxygen atoms in total. The second-order valence-electron chi connectivity index (χ2n) is 5.80. The first-order chi connectivity index (χ1) is 9.81. The molecule has 118 valence electrons. The van der Waals surface area contributed by atoms with Crippen LogP contribution in [0, 0.1) is 0 Å². The first-order valence-electron chi connectivity index (χ1n) is 8.61. The van der Waals surface area contributed by atoms with Crippen molar-refractivity contribution in [1.29, 1.82) is 0 Å².